The molecule has 0 aromatic carbocycles. The van der Waals surface area contributed by atoms with Crippen LogP contribution in [0.2, 0.25) is 0 Å². The molecule has 1 atom stereocenters. The number of pyridine rings is 1. The smallest absolute Gasteiger partial charge is 0.300 e. The number of aromatic nitrogens is 2. The molecule has 8 nitrogen and oxygen atoms in total. The van der Waals surface area contributed by atoms with Crippen molar-refractivity contribution in [2.24, 2.45) is 0 Å². The van der Waals surface area contributed by atoms with Gasteiger partial charge in [0.05, 0.1) is 25.0 Å². The number of rotatable bonds is 2. The highest BCUT2D eigenvalue weighted by Crippen LogP contribution is 2.30. The molecule has 2 fully saturated rings. The molecule has 23 heavy (non-hydrogen) atoms. The van der Waals surface area contributed by atoms with Gasteiger partial charge < -0.3 is 29.8 Å². The molecule has 8 heteroatoms. The minimum Gasteiger partial charge on any atom is -0.422 e. The van der Waals surface area contributed by atoms with Crippen LogP contribution in [-0.2, 0) is 4.74 Å². The van der Waals surface area contributed by atoms with Crippen LogP contribution in [0.15, 0.2) is 10.5 Å². The number of morpholine rings is 1. The molecule has 0 bridgehead atoms. The Morgan fingerprint density at radius 2 is 2.00 bits per heavy atom. The predicted molar refractivity (Wildman–Crippen MR) is 86.7 cm³/mol. The van der Waals surface area contributed by atoms with Gasteiger partial charge in [-0.15, -0.1) is 0 Å². The molecular formula is C15H21N5O3. The van der Waals surface area contributed by atoms with E-state index in [4.69, 9.17) is 14.9 Å². The van der Waals surface area contributed by atoms with Gasteiger partial charge in [-0.3, -0.25) is 0 Å². The van der Waals surface area contributed by atoms with Crippen molar-refractivity contribution in [1.82, 2.24) is 9.97 Å². The first kappa shape index (κ1) is 14.5. The number of β-amino-alcohol motifs (C(OH)–C–C–N with tert-alkyl or cyclic N) is 1. The van der Waals surface area contributed by atoms with E-state index in [0.29, 0.717) is 48.5 Å². The number of nitrogens with two attached hydrogens (primary N) is 1. The standard InChI is InChI=1S/C15H21N5O3/c16-11-8-12-13(17-14(11)20-3-1-2-10(21)9-20)18-15(23-12)19-4-6-22-7-5-19/h8,10,21H,1-7,9,16H2/t10-/m1/s1. The van der Waals surface area contributed by atoms with Gasteiger partial charge in [-0.2, -0.15) is 4.98 Å². The molecule has 4 heterocycles. The molecule has 2 aromatic rings. The van der Waals surface area contributed by atoms with Crippen molar-refractivity contribution in [3.05, 3.63) is 6.07 Å². The van der Waals surface area contributed by atoms with Gasteiger partial charge in [0.15, 0.2) is 11.4 Å². The number of anilines is 3. The lowest BCUT2D eigenvalue weighted by atomic mass is 10.1. The summed E-state index contributed by atoms with van der Waals surface area (Å²) < 4.78 is 11.1. The van der Waals surface area contributed by atoms with Gasteiger partial charge in [0, 0.05) is 32.2 Å². The van der Waals surface area contributed by atoms with E-state index in [0.717, 1.165) is 32.5 Å². The number of nitrogens with zero attached hydrogens (tertiary/aromatic N) is 4. The molecule has 0 radical (unpaired) electrons. The van der Waals surface area contributed by atoms with E-state index in [1.54, 1.807) is 6.07 Å². The Balaban J connectivity index is 1.66. The fraction of sp³-hybridized carbons (Fsp3) is 0.600. The lowest BCUT2D eigenvalue weighted by Crippen LogP contribution is -2.39. The molecule has 0 unspecified atom stereocenters. The van der Waals surface area contributed by atoms with E-state index < -0.39 is 0 Å². The summed E-state index contributed by atoms with van der Waals surface area (Å²) in [7, 11) is 0. The Kier molecular flexibility index (Phi) is 3.70. The quantitative estimate of drug-likeness (QED) is 0.830. The van der Waals surface area contributed by atoms with Crippen LogP contribution in [0.3, 0.4) is 0 Å². The number of oxazole rings is 1. The maximum absolute atomic E-state index is 9.86. The Morgan fingerprint density at radius 1 is 1.17 bits per heavy atom. The zero-order valence-corrected chi connectivity index (χ0v) is 12.9. The molecule has 3 N–H and O–H groups in total. The van der Waals surface area contributed by atoms with Crippen LogP contribution in [-0.4, -0.2) is 60.6 Å². The zero-order valence-electron chi connectivity index (χ0n) is 12.9. The van der Waals surface area contributed by atoms with Gasteiger partial charge >= 0.3 is 0 Å². The highest BCUT2D eigenvalue weighted by atomic mass is 16.5. The molecule has 2 aliphatic rings. The van der Waals surface area contributed by atoms with Gasteiger partial charge in [-0.25, -0.2) is 4.98 Å². The lowest BCUT2D eigenvalue weighted by Gasteiger charge is -2.31. The topological polar surface area (TPSA) is 101 Å². The Labute approximate surface area is 133 Å². The fourth-order valence-electron chi connectivity index (χ4n) is 3.15. The number of ether oxygens (including phenoxy) is 1. The van der Waals surface area contributed by atoms with Gasteiger partial charge in [-0.1, -0.05) is 0 Å². The van der Waals surface area contributed by atoms with E-state index in [9.17, 15) is 5.11 Å². The normalized spacial score (nSPS) is 22.7. The summed E-state index contributed by atoms with van der Waals surface area (Å²) in [6.45, 7) is 4.25. The maximum atomic E-state index is 9.86. The highest BCUT2D eigenvalue weighted by Gasteiger charge is 2.23. The van der Waals surface area contributed by atoms with Crippen molar-refractivity contribution in [3.8, 4) is 0 Å². The van der Waals surface area contributed by atoms with Crippen molar-refractivity contribution in [2.75, 3.05) is 54.9 Å². The van der Waals surface area contributed by atoms with Crippen LogP contribution in [0.4, 0.5) is 17.5 Å². The second kappa shape index (κ2) is 5.86. The number of hydrogen-bond acceptors (Lipinski definition) is 8. The molecule has 4 rings (SSSR count). The zero-order chi connectivity index (χ0) is 15.8. The lowest BCUT2D eigenvalue weighted by molar-refractivity contribution is 0.120. The SMILES string of the molecule is Nc1cc2oc(N3CCOCC3)nc2nc1N1CCC[C@@H](O)C1. The van der Waals surface area contributed by atoms with Crippen molar-refractivity contribution in [3.63, 3.8) is 0 Å². The van der Waals surface area contributed by atoms with Gasteiger partial charge in [0.1, 0.15) is 0 Å². The van der Waals surface area contributed by atoms with Crippen molar-refractivity contribution < 1.29 is 14.3 Å². The Hall–Kier alpha value is -2.06. The summed E-state index contributed by atoms with van der Waals surface area (Å²) in [5.74, 6) is 0.679. The number of hydrogen-bond donors (Lipinski definition) is 2. The summed E-state index contributed by atoms with van der Waals surface area (Å²) >= 11 is 0. The third kappa shape index (κ3) is 2.79. The predicted octanol–water partition coefficient (Wildman–Crippen LogP) is 0.603. The molecular weight excluding hydrogens is 298 g/mol. The van der Waals surface area contributed by atoms with E-state index >= 15 is 0 Å². The third-order valence-electron chi connectivity index (χ3n) is 4.36. The van der Waals surface area contributed by atoms with E-state index in [1.807, 2.05) is 9.80 Å². The summed E-state index contributed by atoms with van der Waals surface area (Å²) in [5, 5.41) is 9.86. The monoisotopic (exact) mass is 319 g/mol. The van der Waals surface area contributed by atoms with Crippen LogP contribution in [0, 0.1) is 0 Å². The van der Waals surface area contributed by atoms with Crippen LogP contribution in [0.25, 0.3) is 11.2 Å². The molecule has 0 saturated carbocycles. The molecule has 0 spiro atoms. The first-order valence-electron chi connectivity index (χ1n) is 8.03. The summed E-state index contributed by atoms with van der Waals surface area (Å²) in [5.41, 5.74) is 7.84. The number of nitrogen functional groups attached to an aromatic ring is 1. The second-order valence-corrected chi connectivity index (χ2v) is 6.06. The maximum Gasteiger partial charge on any atom is 0.300 e. The molecule has 2 aliphatic heterocycles. The molecule has 124 valence electrons. The van der Waals surface area contributed by atoms with E-state index in [2.05, 4.69) is 9.97 Å². The molecule has 0 amide bonds. The largest absolute Gasteiger partial charge is 0.422 e. The first-order chi connectivity index (χ1) is 11.2. The number of aliphatic hydroxyl groups excluding tert-OH is 1. The Bertz CT molecular complexity index is 698. The molecule has 2 aromatic heterocycles. The van der Waals surface area contributed by atoms with Crippen LogP contribution >= 0.6 is 0 Å². The summed E-state index contributed by atoms with van der Waals surface area (Å²) in [4.78, 5) is 13.1. The van der Waals surface area contributed by atoms with Crippen LogP contribution in [0.5, 0.6) is 0 Å². The summed E-state index contributed by atoms with van der Waals surface area (Å²) in [6.07, 6.45) is 1.42. The first-order valence-corrected chi connectivity index (χ1v) is 8.03. The number of aliphatic hydroxyl groups is 1. The molecule has 2 saturated heterocycles. The van der Waals surface area contributed by atoms with Crippen LogP contribution < -0.4 is 15.5 Å². The average Bonchev–Trinajstić information content (AvgIpc) is 2.97. The van der Waals surface area contributed by atoms with Crippen molar-refractivity contribution in [2.45, 2.75) is 18.9 Å². The van der Waals surface area contributed by atoms with Gasteiger partial charge in [-0.05, 0) is 12.8 Å². The van der Waals surface area contributed by atoms with Crippen LogP contribution in [0.1, 0.15) is 12.8 Å². The van der Waals surface area contributed by atoms with Gasteiger partial charge in [0.25, 0.3) is 6.01 Å². The summed E-state index contributed by atoms with van der Waals surface area (Å²) in [6, 6.07) is 2.33. The Morgan fingerprint density at radius 3 is 2.78 bits per heavy atom. The van der Waals surface area contributed by atoms with Crippen molar-refractivity contribution in [1.29, 1.82) is 0 Å². The number of piperidine rings is 1. The third-order valence-corrected chi connectivity index (χ3v) is 4.36. The second-order valence-electron chi connectivity index (χ2n) is 6.06. The fourth-order valence-corrected chi connectivity index (χ4v) is 3.15. The number of fused-ring (bicyclic) bond motifs is 1. The molecule has 0 aliphatic carbocycles. The highest BCUT2D eigenvalue weighted by molar-refractivity contribution is 5.80. The minimum atomic E-state index is -0.332. The van der Waals surface area contributed by atoms with E-state index in [1.165, 1.54) is 0 Å². The van der Waals surface area contributed by atoms with Crippen molar-refractivity contribution >= 4 is 28.8 Å². The van der Waals surface area contributed by atoms with E-state index in [-0.39, 0.29) is 6.10 Å². The average molecular weight is 319 g/mol. The minimum absolute atomic E-state index is 0.332. The van der Waals surface area contributed by atoms with Gasteiger partial charge in [0.2, 0.25) is 5.65 Å².